The van der Waals surface area contributed by atoms with E-state index in [1.54, 1.807) is 6.07 Å². The summed E-state index contributed by atoms with van der Waals surface area (Å²) in [6.07, 6.45) is -2.49. The molecule has 0 bridgehead atoms. The first kappa shape index (κ1) is 16.6. The lowest BCUT2D eigenvalue weighted by atomic mass is 9.97. The highest BCUT2D eigenvalue weighted by atomic mass is 32.1. The molecule has 7 heteroatoms. The Balaban J connectivity index is 1.61. The number of halogens is 3. The molecule has 0 saturated heterocycles. The van der Waals surface area contributed by atoms with Crippen LogP contribution in [0.25, 0.3) is 0 Å². The molecule has 0 radical (unpaired) electrons. The van der Waals surface area contributed by atoms with E-state index in [1.165, 1.54) is 28.3 Å². The lowest BCUT2D eigenvalue weighted by Gasteiger charge is -2.22. The number of fused-ring (bicyclic) bond motifs is 1. The Morgan fingerprint density at radius 3 is 2.68 bits per heavy atom. The molecule has 2 aromatic rings. The maximum Gasteiger partial charge on any atom is 0.416 e. The first-order valence-corrected chi connectivity index (χ1v) is 9.02. The van der Waals surface area contributed by atoms with E-state index in [9.17, 15) is 18.0 Å². The molecule has 1 aliphatic heterocycles. The minimum atomic E-state index is -4.43. The fourth-order valence-corrected chi connectivity index (χ4v) is 4.45. The van der Waals surface area contributed by atoms with Gasteiger partial charge in [0, 0.05) is 18.0 Å². The molecule has 25 heavy (non-hydrogen) atoms. The van der Waals surface area contributed by atoms with E-state index >= 15 is 0 Å². The molecule has 3 nitrogen and oxygen atoms in total. The van der Waals surface area contributed by atoms with Crippen LogP contribution >= 0.6 is 11.3 Å². The van der Waals surface area contributed by atoms with Gasteiger partial charge in [0.1, 0.15) is 0 Å². The minimum Gasteiger partial charge on any atom is -0.342 e. The maximum atomic E-state index is 13.3. The number of carbonyl (C=O) groups is 1. The van der Waals surface area contributed by atoms with E-state index in [2.05, 4.69) is 10.6 Å². The quantitative estimate of drug-likeness (QED) is 0.867. The fourth-order valence-electron chi connectivity index (χ4n) is 3.38. The topological polar surface area (TPSA) is 41.1 Å². The predicted octanol–water partition coefficient (Wildman–Crippen LogP) is 3.83. The Hall–Kier alpha value is -1.86. The number of benzene rings is 1. The van der Waals surface area contributed by atoms with Crippen LogP contribution in [0, 0.1) is 0 Å². The second-order valence-electron chi connectivity index (χ2n) is 6.57. The van der Waals surface area contributed by atoms with Gasteiger partial charge in [-0.15, -0.1) is 11.3 Å². The summed E-state index contributed by atoms with van der Waals surface area (Å²) >= 11 is 1.44. The van der Waals surface area contributed by atoms with Gasteiger partial charge >= 0.3 is 6.18 Å². The first-order valence-electron chi connectivity index (χ1n) is 8.21. The van der Waals surface area contributed by atoms with Crippen LogP contribution in [0.3, 0.4) is 0 Å². The van der Waals surface area contributed by atoms with E-state index in [0.717, 1.165) is 31.1 Å². The molecular formula is C18H17F3N2OS. The van der Waals surface area contributed by atoms with Crippen molar-refractivity contribution in [1.82, 2.24) is 10.6 Å². The molecule has 0 spiro atoms. The number of thiophene rings is 1. The zero-order valence-electron chi connectivity index (χ0n) is 13.4. The zero-order valence-corrected chi connectivity index (χ0v) is 14.2. The van der Waals surface area contributed by atoms with Gasteiger partial charge in [0.2, 0.25) is 0 Å². The van der Waals surface area contributed by atoms with Crippen molar-refractivity contribution in [2.45, 2.75) is 37.5 Å². The van der Waals surface area contributed by atoms with Crippen molar-refractivity contribution in [3.63, 3.8) is 0 Å². The average Bonchev–Trinajstić information content (AvgIpc) is 3.22. The Kier molecular flexibility index (Phi) is 3.88. The summed E-state index contributed by atoms with van der Waals surface area (Å²) in [7, 11) is 0. The average molecular weight is 366 g/mol. The number of rotatable bonds is 3. The maximum absolute atomic E-state index is 13.3. The van der Waals surface area contributed by atoms with Crippen molar-refractivity contribution in [1.29, 1.82) is 0 Å². The number of nitrogens with one attached hydrogen (secondary N) is 2. The van der Waals surface area contributed by atoms with Gasteiger partial charge in [-0.2, -0.15) is 13.2 Å². The molecule has 1 aliphatic carbocycles. The Bertz CT molecular complexity index is 800. The van der Waals surface area contributed by atoms with Crippen LogP contribution < -0.4 is 10.6 Å². The van der Waals surface area contributed by atoms with E-state index < -0.39 is 17.3 Å². The highest BCUT2D eigenvalue weighted by Gasteiger charge is 2.50. The van der Waals surface area contributed by atoms with Crippen LogP contribution in [0.4, 0.5) is 13.2 Å². The Labute approximate surface area is 147 Å². The molecule has 0 atom stereocenters. The number of hydrogen-bond donors (Lipinski definition) is 2. The number of amides is 1. The van der Waals surface area contributed by atoms with Crippen molar-refractivity contribution >= 4 is 17.2 Å². The van der Waals surface area contributed by atoms with E-state index in [4.69, 9.17) is 0 Å². The zero-order chi connectivity index (χ0) is 17.7. The number of alkyl halides is 3. The normalized spacial score (nSPS) is 18.5. The van der Waals surface area contributed by atoms with E-state index in [0.29, 0.717) is 17.7 Å². The smallest absolute Gasteiger partial charge is 0.342 e. The van der Waals surface area contributed by atoms with Gasteiger partial charge in [0.05, 0.1) is 16.0 Å². The standard InChI is InChI=1S/C18H17F3N2OS/c19-18(20,21)13-4-2-1-3-12(13)17(6-7-17)23-16(24)15-9-11-10-22-8-5-14(11)25-15/h1-4,9,22H,5-8,10H2,(H,23,24). The van der Waals surface area contributed by atoms with Crippen LogP contribution in [0.5, 0.6) is 0 Å². The lowest BCUT2D eigenvalue weighted by Crippen LogP contribution is -2.36. The van der Waals surface area contributed by atoms with Gasteiger partial charge in [-0.25, -0.2) is 0 Å². The Morgan fingerprint density at radius 2 is 2.00 bits per heavy atom. The second-order valence-corrected chi connectivity index (χ2v) is 7.70. The van der Waals surface area contributed by atoms with Crippen LogP contribution in [0.15, 0.2) is 30.3 Å². The highest BCUT2D eigenvalue weighted by molar-refractivity contribution is 7.14. The molecule has 2 heterocycles. The molecule has 0 unspecified atom stereocenters. The third-order valence-corrected chi connectivity index (χ3v) is 6.05. The van der Waals surface area contributed by atoms with Gasteiger partial charge in [-0.3, -0.25) is 4.79 Å². The lowest BCUT2D eigenvalue weighted by molar-refractivity contribution is -0.138. The van der Waals surface area contributed by atoms with Gasteiger partial charge in [-0.05, 0) is 42.5 Å². The van der Waals surface area contributed by atoms with Crippen LogP contribution in [0.2, 0.25) is 0 Å². The van der Waals surface area contributed by atoms with Crippen LogP contribution in [0.1, 0.15) is 44.1 Å². The van der Waals surface area contributed by atoms with Gasteiger partial charge in [-0.1, -0.05) is 18.2 Å². The van der Waals surface area contributed by atoms with Gasteiger partial charge in [0.15, 0.2) is 0 Å². The van der Waals surface area contributed by atoms with Crippen LogP contribution in [-0.4, -0.2) is 12.5 Å². The molecule has 2 aliphatic rings. The largest absolute Gasteiger partial charge is 0.416 e. The third-order valence-electron chi connectivity index (χ3n) is 4.82. The van der Waals surface area contributed by atoms with Gasteiger partial charge in [0.25, 0.3) is 5.91 Å². The molecule has 132 valence electrons. The molecule has 1 saturated carbocycles. The molecule has 1 fully saturated rings. The molecule has 4 rings (SSSR count). The minimum absolute atomic E-state index is 0.166. The molecule has 2 N–H and O–H groups in total. The first-order chi connectivity index (χ1) is 11.9. The Morgan fingerprint density at radius 1 is 1.24 bits per heavy atom. The SMILES string of the molecule is O=C(NC1(c2ccccc2C(F)(F)F)CC1)c1cc2c(s1)CCNC2. The summed E-state index contributed by atoms with van der Waals surface area (Å²) in [4.78, 5) is 14.4. The summed E-state index contributed by atoms with van der Waals surface area (Å²) in [6.45, 7) is 1.62. The second kappa shape index (κ2) is 5.85. The van der Waals surface area contributed by atoms with Crippen molar-refractivity contribution in [2.24, 2.45) is 0 Å². The van der Waals surface area contributed by atoms with Crippen molar-refractivity contribution in [3.05, 3.63) is 56.8 Å². The number of hydrogen-bond acceptors (Lipinski definition) is 3. The highest BCUT2D eigenvalue weighted by Crippen LogP contribution is 2.50. The monoisotopic (exact) mass is 366 g/mol. The summed E-state index contributed by atoms with van der Waals surface area (Å²) in [5, 5.41) is 6.13. The molecular weight excluding hydrogens is 349 g/mol. The fraction of sp³-hybridized carbons (Fsp3) is 0.389. The predicted molar refractivity (Wildman–Crippen MR) is 89.6 cm³/mol. The van der Waals surface area contributed by atoms with Crippen molar-refractivity contribution < 1.29 is 18.0 Å². The van der Waals surface area contributed by atoms with Gasteiger partial charge < -0.3 is 10.6 Å². The number of carbonyl (C=O) groups excluding carboxylic acids is 1. The molecule has 1 aromatic carbocycles. The van der Waals surface area contributed by atoms with Crippen molar-refractivity contribution in [3.8, 4) is 0 Å². The molecule has 1 amide bonds. The van der Waals surface area contributed by atoms with Crippen LogP contribution in [-0.2, 0) is 24.7 Å². The summed E-state index contributed by atoms with van der Waals surface area (Å²) in [6, 6.07) is 7.38. The summed E-state index contributed by atoms with van der Waals surface area (Å²) in [5.74, 6) is -0.283. The molecule has 1 aromatic heterocycles. The summed E-state index contributed by atoms with van der Waals surface area (Å²) in [5.41, 5.74) is -0.283. The van der Waals surface area contributed by atoms with E-state index in [-0.39, 0.29) is 11.5 Å². The van der Waals surface area contributed by atoms with E-state index in [1.807, 2.05) is 6.07 Å². The summed E-state index contributed by atoms with van der Waals surface area (Å²) < 4.78 is 39.9. The third kappa shape index (κ3) is 3.06. The van der Waals surface area contributed by atoms with Crippen molar-refractivity contribution in [2.75, 3.05) is 6.54 Å².